The van der Waals surface area contributed by atoms with E-state index in [9.17, 15) is 13.2 Å². The summed E-state index contributed by atoms with van der Waals surface area (Å²) in [5.74, 6) is 0.457. The second kappa shape index (κ2) is 9.84. The average Bonchev–Trinajstić information content (AvgIpc) is 3.05. The fourth-order valence-electron chi connectivity index (χ4n) is 2.99. The molecule has 0 bridgehead atoms. The van der Waals surface area contributed by atoms with Gasteiger partial charge in [0.25, 0.3) is 10.0 Å². The van der Waals surface area contributed by atoms with Crippen LogP contribution in [0.4, 0.5) is 5.69 Å². The lowest BCUT2D eigenvalue weighted by atomic mass is 10.2. The van der Waals surface area contributed by atoms with Crippen LogP contribution in [0.1, 0.15) is 43.4 Å². The first kappa shape index (κ1) is 20.5. The van der Waals surface area contributed by atoms with Crippen LogP contribution in [0.15, 0.2) is 51.7 Å². The second-order valence-electron chi connectivity index (χ2n) is 6.75. The lowest BCUT2D eigenvalue weighted by molar-refractivity contribution is -0.116. The number of anilines is 1. The predicted octanol–water partition coefficient (Wildman–Crippen LogP) is 3.96. The van der Waals surface area contributed by atoms with Gasteiger partial charge in [-0.15, -0.1) is 11.3 Å². The Bertz CT molecular complexity index is 905. The molecule has 1 aromatic heterocycles. The van der Waals surface area contributed by atoms with Crippen molar-refractivity contribution >= 4 is 38.8 Å². The standard InChI is InChI=1S/C20H25N3O3S2/c24-20(9-4-6-17-7-5-15-27-17)22-16-10-12-18(13-11-16)28(25,26)23-19-8-2-1-3-14-21-19/h5,7,10-13,15H,1-4,6,8-9,14H2,(H,21,23)(H,22,24). The third kappa shape index (κ3) is 6.17. The summed E-state index contributed by atoms with van der Waals surface area (Å²) < 4.78 is 27.6. The van der Waals surface area contributed by atoms with Crippen molar-refractivity contribution in [3.8, 4) is 0 Å². The van der Waals surface area contributed by atoms with Crippen LogP contribution < -0.4 is 10.0 Å². The van der Waals surface area contributed by atoms with Crippen molar-refractivity contribution in [1.82, 2.24) is 4.72 Å². The molecule has 0 aliphatic carbocycles. The van der Waals surface area contributed by atoms with Crippen LogP contribution in [0.2, 0.25) is 0 Å². The molecule has 8 heteroatoms. The lowest BCUT2D eigenvalue weighted by Gasteiger charge is -2.10. The van der Waals surface area contributed by atoms with Crippen molar-refractivity contribution in [2.45, 2.75) is 49.8 Å². The number of hydrogen-bond donors (Lipinski definition) is 2. The zero-order chi connectivity index (χ0) is 19.8. The van der Waals surface area contributed by atoms with Gasteiger partial charge in [0, 0.05) is 30.0 Å². The number of thiophene rings is 1. The van der Waals surface area contributed by atoms with Crippen LogP contribution in [-0.2, 0) is 21.2 Å². The molecule has 0 saturated carbocycles. The summed E-state index contributed by atoms with van der Waals surface area (Å²) in [6, 6.07) is 10.3. The largest absolute Gasteiger partial charge is 0.326 e. The first-order valence-electron chi connectivity index (χ1n) is 9.51. The van der Waals surface area contributed by atoms with Crippen molar-refractivity contribution in [1.29, 1.82) is 0 Å². The summed E-state index contributed by atoms with van der Waals surface area (Å²) in [6.45, 7) is 0.662. The molecule has 0 radical (unpaired) electrons. The Morgan fingerprint density at radius 2 is 1.93 bits per heavy atom. The number of sulfonamides is 1. The van der Waals surface area contributed by atoms with E-state index in [1.807, 2.05) is 11.4 Å². The number of aryl methyl sites for hydroxylation is 1. The van der Waals surface area contributed by atoms with Crippen molar-refractivity contribution in [2.24, 2.45) is 4.99 Å². The van der Waals surface area contributed by atoms with Gasteiger partial charge >= 0.3 is 0 Å². The first-order valence-corrected chi connectivity index (χ1v) is 11.9. The second-order valence-corrected chi connectivity index (χ2v) is 9.46. The predicted molar refractivity (Wildman–Crippen MR) is 113 cm³/mol. The molecule has 1 aliphatic heterocycles. The maximum absolute atomic E-state index is 12.5. The van der Waals surface area contributed by atoms with Gasteiger partial charge in [0.1, 0.15) is 5.84 Å². The highest BCUT2D eigenvalue weighted by Crippen LogP contribution is 2.16. The minimum absolute atomic E-state index is 0.0712. The number of aliphatic imine (C=N–C) groups is 1. The van der Waals surface area contributed by atoms with Gasteiger partial charge in [-0.05, 0) is 61.4 Å². The molecular weight excluding hydrogens is 394 g/mol. The Morgan fingerprint density at radius 3 is 2.68 bits per heavy atom. The summed E-state index contributed by atoms with van der Waals surface area (Å²) in [5, 5.41) is 4.85. The highest BCUT2D eigenvalue weighted by Gasteiger charge is 2.17. The zero-order valence-electron chi connectivity index (χ0n) is 15.7. The summed E-state index contributed by atoms with van der Waals surface area (Å²) >= 11 is 1.69. The molecule has 2 heterocycles. The molecule has 0 fully saturated rings. The Balaban J connectivity index is 1.52. The third-order valence-electron chi connectivity index (χ3n) is 4.48. The number of carbonyl (C=O) groups is 1. The van der Waals surface area contributed by atoms with Gasteiger partial charge < -0.3 is 5.32 Å². The summed E-state index contributed by atoms with van der Waals surface area (Å²) in [6.07, 6.45) is 5.75. The fraction of sp³-hybridized carbons (Fsp3) is 0.400. The van der Waals surface area contributed by atoms with Crippen molar-refractivity contribution in [2.75, 3.05) is 11.9 Å². The molecule has 6 nitrogen and oxygen atoms in total. The van der Waals surface area contributed by atoms with E-state index in [1.54, 1.807) is 23.5 Å². The fourth-order valence-corrected chi connectivity index (χ4v) is 4.83. The topological polar surface area (TPSA) is 87.6 Å². The third-order valence-corrected chi connectivity index (χ3v) is 6.82. The minimum Gasteiger partial charge on any atom is -0.326 e. The van der Waals surface area contributed by atoms with E-state index in [4.69, 9.17) is 0 Å². The summed E-state index contributed by atoms with van der Waals surface area (Å²) in [5.41, 5.74) is 0.590. The molecule has 1 aliphatic rings. The maximum atomic E-state index is 12.5. The van der Waals surface area contributed by atoms with E-state index in [1.165, 1.54) is 17.0 Å². The number of amides is 1. The molecule has 0 saturated heterocycles. The lowest BCUT2D eigenvalue weighted by Crippen LogP contribution is -2.30. The van der Waals surface area contributed by atoms with E-state index in [-0.39, 0.29) is 10.8 Å². The van der Waals surface area contributed by atoms with Crippen LogP contribution in [0.25, 0.3) is 0 Å². The van der Waals surface area contributed by atoms with Gasteiger partial charge in [0.15, 0.2) is 0 Å². The van der Waals surface area contributed by atoms with Crippen LogP contribution in [0.3, 0.4) is 0 Å². The Labute approximate surface area is 170 Å². The normalized spacial score (nSPS) is 14.8. The summed E-state index contributed by atoms with van der Waals surface area (Å²) in [7, 11) is -3.65. The zero-order valence-corrected chi connectivity index (χ0v) is 17.3. The number of benzene rings is 1. The highest BCUT2D eigenvalue weighted by atomic mass is 32.2. The Morgan fingerprint density at radius 1 is 1.11 bits per heavy atom. The number of rotatable bonds is 7. The average molecular weight is 420 g/mol. The molecule has 0 spiro atoms. The summed E-state index contributed by atoms with van der Waals surface area (Å²) in [4.78, 5) is 17.8. The van der Waals surface area contributed by atoms with Gasteiger partial charge in [0.2, 0.25) is 5.91 Å². The van der Waals surface area contributed by atoms with E-state index < -0.39 is 10.0 Å². The van der Waals surface area contributed by atoms with E-state index in [0.717, 1.165) is 32.1 Å². The van der Waals surface area contributed by atoms with E-state index in [2.05, 4.69) is 21.1 Å². The molecule has 1 amide bonds. The number of carbonyl (C=O) groups excluding carboxylic acids is 1. The number of hydrogen-bond acceptors (Lipinski definition) is 5. The van der Waals surface area contributed by atoms with Gasteiger partial charge in [-0.3, -0.25) is 14.5 Å². The van der Waals surface area contributed by atoms with Crippen LogP contribution in [0.5, 0.6) is 0 Å². The quantitative estimate of drug-likeness (QED) is 0.712. The van der Waals surface area contributed by atoms with Crippen LogP contribution in [0, 0.1) is 0 Å². The monoisotopic (exact) mass is 419 g/mol. The van der Waals surface area contributed by atoms with E-state index in [0.29, 0.717) is 30.9 Å². The van der Waals surface area contributed by atoms with Crippen molar-refractivity contribution in [3.63, 3.8) is 0 Å². The minimum atomic E-state index is -3.65. The first-order chi connectivity index (χ1) is 13.5. The highest BCUT2D eigenvalue weighted by molar-refractivity contribution is 7.90. The Hall–Kier alpha value is -2.19. The van der Waals surface area contributed by atoms with Crippen LogP contribution >= 0.6 is 11.3 Å². The molecule has 1 aromatic carbocycles. The Kier molecular flexibility index (Phi) is 7.22. The number of amidine groups is 1. The van der Waals surface area contributed by atoms with Gasteiger partial charge in [-0.25, -0.2) is 8.42 Å². The van der Waals surface area contributed by atoms with Gasteiger partial charge in [-0.2, -0.15) is 0 Å². The molecule has 0 atom stereocenters. The van der Waals surface area contributed by atoms with Crippen molar-refractivity contribution in [3.05, 3.63) is 46.7 Å². The molecule has 150 valence electrons. The van der Waals surface area contributed by atoms with E-state index >= 15 is 0 Å². The number of nitrogens with zero attached hydrogens (tertiary/aromatic N) is 1. The molecule has 3 rings (SSSR count). The molecular formula is C20H25N3O3S2. The van der Waals surface area contributed by atoms with Crippen molar-refractivity contribution < 1.29 is 13.2 Å². The van der Waals surface area contributed by atoms with Crippen LogP contribution in [-0.4, -0.2) is 26.7 Å². The molecule has 0 unspecified atom stereocenters. The van der Waals surface area contributed by atoms with Gasteiger partial charge in [0.05, 0.1) is 4.90 Å². The number of nitrogens with one attached hydrogen (secondary N) is 2. The smallest absolute Gasteiger partial charge is 0.262 e. The molecule has 2 N–H and O–H groups in total. The molecule has 2 aromatic rings. The molecule has 28 heavy (non-hydrogen) atoms. The van der Waals surface area contributed by atoms with Gasteiger partial charge in [-0.1, -0.05) is 12.5 Å². The SMILES string of the molecule is O=C(CCCc1cccs1)Nc1ccc(S(=O)(=O)NC2=NCCCCC2)cc1. The maximum Gasteiger partial charge on any atom is 0.262 e.